The maximum absolute atomic E-state index is 15.4. The number of nitrogens with one attached hydrogen (secondary N) is 2. The van der Waals surface area contributed by atoms with E-state index in [4.69, 9.17) is 115 Å². The number of ether oxygens (including phenoxy) is 17. The van der Waals surface area contributed by atoms with Crippen molar-refractivity contribution in [1.29, 1.82) is 0 Å². The molecule has 0 saturated carbocycles. The highest BCUT2D eigenvalue weighted by Gasteiger charge is 2.67. The maximum atomic E-state index is 15.4. The Morgan fingerprint density at radius 2 is 1.17 bits per heavy atom. The standard InChI is InChI=1S/C71H89Cl3N2O26Si/c1-42(77)89-39-54(96-44(3)79)60(98-46(5)81)62-57-53(100-70(67(84)86-6)32-52(95-43(2)78)56(76-68(85)93-41-71(72,73)74)61(102-70)58(97-45(4)80)51(82)38-87-34-47-22-14-10-15-23-47)33-69(101-62,66(83)75-57)94-40-55-59(90-35-48-24-16-11-17-25-48)63(91-36-49-26-18-12-19-27-49)64(92-37-50-28-20-13-21-29-50)65(99-55)88-30-31-103(7,8)9/h10-29,51-65,82H,30-41H2,1-9H3,(H,75,83)(H,76,85)/t51-,52+,53+,54-,55-,56-,57-,58-,59-,60-,61-,62-,63+,64-,65-,69-,70-/m1/s1. The molecule has 4 aromatic rings. The van der Waals surface area contributed by atoms with Gasteiger partial charge >= 0.3 is 41.9 Å². The van der Waals surface area contributed by atoms with E-state index in [0.717, 1.165) is 58.4 Å². The summed E-state index contributed by atoms with van der Waals surface area (Å²) in [6, 6.07) is 34.0. The van der Waals surface area contributed by atoms with Crippen molar-refractivity contribution in [3.05, 3.63) is 144 Å². The van der Waals surface area contributed by atoms with Crippen LogP contribution >= 0.6 is 34.8 Å². The van der Waals surface area contributed by atoms with Gasteiger partial charge in [0.1, 0.15) is 62.0 Å². The van der Waals surface area contributed by atoms with Gasteiger partial charge in [0.05, 0.1) is 71.4 Å². The summed E-state index contributed by atoms with van der Waals surface area (Å²) >= 11 is 17.9. The molecule has 5 aliphatic heterocycles. The first-order chi connectivity index (χ1) is 48.9. The fourth-order valence-electron chi connectivity index (χ4n) is 12.2. The van der Waals surface area contributed by atoms with Crippen LogP contribution in [0.5, 0.6) is 0 Å². The lowest BCUT2D eigenvalue weighted by molar-refractivity contribution is -0.374. The highest BCUT2D eigenvalue weighted by Crippen LogP contribution is 2.46. The molecule has 4 aromatic carbocycles. The molecule has 32 heteroatoms. The van der Waals surface area contributed by atoms with E-state index in [0.29, 0.717) is 11.6 Å². The summed E-state index contributed by atoms with van der Waals surface area (Å²) in [5.74, 6) is -12.9. The zero-order valence-corrected chi connectivity index (χ0v) is 61.7. The average Bonchev–Trinajstić information content (AvgIpc) is 0.722. The van der Waals surface area contributed by atoms with Gasteiger partial charge in [0.2, 0.25) is 3.79 Å². The van der Waals surface area contributed by atoms with Gasteiger partial charge < -0.3 is 96.3 Å². The number of piperidine rings is 1. The summed E-state index contributed by atoms with van der Waals surface area (Å²) < 4.78 is 105. The number of hydrogen-bond acceptors (Lipinski definition) is 26. The number of carbonyl (C=O) groups is 8. The van der Waals surface area contributed by atoms with Crippen molar-refractivity contribution in [1.82, 2.24) is 10.6 Å². The van der Waals surface area contributed by atoms with Gasteiger partial charge in [-0.05, 0) is 28.3 Å². The fraction of sp³-hybridized carbons (Fsp3) is 0.549. The molecule has 5 heterocycles. The summed E-state index contributed by atoms with van der Waals surface area (Å²) in [5.41, 5.74) is 3.02. The molecule has 5 aliphatic rings. The second-order valence-electron chi connectivity index (χ2n) is 26.2. The molecule has 9 rings (SSSR count). The summed E-state index contributed by atoms with van der Waals surface area (Å²) in [5, 5.41) is 17.5. The van der Waals surface area contributed by atoms with E-state index in [9.17, 15) is 33.9 Å². The topological polar surface area (TPSA) is 338 Å². The molecule has 0 unspecified atom stereocenters. The van der Waals surface area contributed by atoms with Crippen LogP contribution in [-0.4, -0.2) is 208 Å². The average molecular weight is 1520 g/mol. The lowest BCUT2D eigenvalue weighted by atomic mass is 9.83. The lowest BCUT2D eigenvalue weighted by Crippen LogP contribution is -2.78. The van der Waals surface area contributed by atoms with Crippen molar-refractivity contribution in [3.8, 4) is 0 Å². The van der Waals surface area contributed by atoms with Crippen LogP contribution in [0.3, 0.4) is 0 Å². The van der Waals surface area contributed by atoms with Gasteiger partial charge in [-0.3, -0.25) is 28.8 Å². The number of alkyl halides is 3. The Morgan fingerprint density at radius 3 is 1.68 bits per heavy atom. The van der Waals surface area contributed by atoms with Crippen LogP contribution in [-0.2, 0) is 141 Å². The first kappa shape index (κ1) is 81.8. The first-order valence-electron chi connectivity index (χ1n) is 33.4. The smallest absolute Gasteiger partial charge is 0.407 e. The molecule has 0 radical (unpaired) electrons. The molecule has 5 fully saturated rings. The van der Waals surface area contributed by atoms with Crippen LogP contribution in [0, 0.1) is 0 Å². The van der Waals surface area contributed by atoms with Crippen LogP contribution < -0.4 is 10.6 Å². The predicted molar refractivity (Wildman–Crippen MR) is 367 cm³/mol. The second-order valence-corrected chi connectivity index (χ2v) is 34.4. The van der Waals surface area contributed by atoms with Crippen LogP contribution in [0.2, 0.25) is 25.7 Å². The minimum Gasteiger partial charge on any atom is -0.465 e. The number of aliphatic hydroxyl groups excluding tert-OH is 1. The minimum atomic E-state index is -2.98. The largest absolute Gasteiger partial charge is 0.465 e. The van der Waals surface area contributed by atoms with E-state index in [1.165, 1.54) is 0 Å². The number of benzene rings is 4. The van der Waals surface area contributed by atoms with Gasteiger partial charge in [0.15, 0.2) is 24.6 Å². The van der Waals surface area contributed by atoms with Gasteiger partial charge in [-0.15, -0.1) is 0 Å². The van der Waals surface area contributed by atoms with Gasteiger partial charge in [-0.25, -0.2) is 9.59 Å². The van der Waals surface area contributed by atoms with Gasteiger partial charge in [0, 0.05) is 55.7 Å². The van der Waals surface area contributed by atoms with E-state index in [1.54, 1.807) is 30.3 Å². The Labute approximate surface area is 612 Å². The highest BCUT2D eigenvalue weighted by atomic mass is 35.6. The van der Waals surface area contributed by atoms with E-state index < -0.39 is 202 Å². The molecular weight excluding hydrogens is 1430 g/mol. The molecule has 0 aromatic heterocycles. The number of rotatable bonds is 35. The summed E-state index contributed by atoms with van der Waals surface area (Å²) in [6.07, 6.45) is -23.8. The summed E-state index contributed by atoms with van der Waals surface area (Å²) in [7, 11) is -0.853. The number of carbonyl (C=O) groups excluding carboxylic acids is 8. The zero-order valence-electron chi connectivity index (χ0n) is 58.5. The number of halogens is 3. The number of esters is 6. The Balaban J connectivity index is 1.27. The quantitative estimate of drug-likeness (QED) is 0.0177. The first-order valence-corrected chi connectivity index (χ1v) is 38.2. The third-order valence-corrected chi connectivity index (χ3v) is 18.8. The van der Waals surface area contributed by atoms with Crippen molar-refractivity contribution in [2.45, 2.75) is 207 Å². The molecule has 5 saturated heterocycles. The van der Waals surface area contributed by atoms with Crippen LogP contribution in [0.15, 0.2) is 121 Å². The van der Waals surface area contributed by atoms with Crippen molar-refractivity contribution in [3.63, 3.8) is 0 Å². The molecule has 28 nitrogen and oxygen atoms in total. The van der Waals surface area contributed by atoms with Gasteiger partial charge in [0.25, 0.3) is 17.5 Å². The minimum absolute atomic E-state index is 0.0254. The molecule has 3 N–H and O–H groups in total. The Hall–Kier alpha value is -6.91. The Bertz CT molecular complexity index is 3440. The lowest BCUT2D eigenvalue weighted by Gasteiger charge is -2.56. The zero-order chi connectivity index (χ0) is 74.7. The summed E-state index contributed by atoms with van der Waals surface area (Å²) in [4.78, 5) is 110. The molecule has 2 bridgehead atoms. The third kappa shape index (κ3) is 24.1. The molecule has 0 spiro atoms. The third-order valence-electron chi connectivity index (χ3n) is 16.8. The molecule has 0 aliphatic carbocycles. The monoisotopic (exact) mass is 1520 g/mol. The number of hydrogen-bond donors (Lipinski definition) is 3. The maximum Gasteiger partial charge on any atom is 0.407 e. The number of amides is 2. The Morgan fingerprint density at radius 1 is 0.631 bits per heavy atom. The number of aliphatic hydroxyl groups is 1. The van der Waals surface area contributed by atoms with Crippen molar-refractivity contribution in [2.24, 2.45) is 0 Å². The van der Waals surface area contributed by atoms with Crippen LogP contribution in [0.25, 0.3) is 0 Å². The molecule has 564 valence electrons. The number of morpholine rings is 1. The Kier molecular flexibility index (Phi) is 30.1. The number of fused-ring (bicyclic) bond motifs is 3. The SMILES string of the molecule is COC(=O)[C@@]1(O[C@H]2C[C@@]3(OC[C@H]4O[C@@H](OCC[Si](C)(C)C)[C@H](OCc5ccccc5)[C@@H](OCc5ccccc5)[C@@H]4OCc4ccccc4)O[C@@H]([C@H](OC(C)=O)[C@@H](COC(C)=O)OC(C)=O)[C@@H]2NC3=O)C[C@H](OC(C)=O)[C@@H](NC(=O)OCC(Cl)(Cl)Cl)[C@H]([C@H](OC(C)=O)[C@H](O)COCc2ccccc2)O1. The highest BCUT2D eigenvalue weighted by molar-refractivity contribution is 6.76. The molecule has 2 amide bonds. The van der Waals surface area contributed by atoms with Crippen molar-refractivity contribution < 1.29 is 124 Å². The molecular formula is C71H89Cl3N2O26Si. The van der Waals surface area contributed by atoms with Gasteiger partial charge in [-0.2, -0.15) is 0 Å². The van der Waals surface area contributed by atoms with E-state index >= 15 is 9.59 Å². The normalized spacial score (nSPS) is 26.6. The van der Waals surface area contributed by atoms with Crippen molar-refractivity contribution in [2.75, 3.05) is 40.1 Å². The fourth-order valence-corrected chi connectivity index (χ4v) is 13.1. The van der Waals surface area contributed by atoms with E-state index in [1.807, 2.05) is 91.0 Å². The molecule has 103 heavy (non-hydrogen) atoms. The number of alkyl carbamates (subject to hydrolysis) is 1. The summed E-state index contributed by atoms with van der Waals surface area (Å²) in [6.45, 7) is 8.98. The van der Waals surface area contributed by atoms with E-state index in [-0.39, 0.29) is 33.0 Å². The second kappa shape index (κ2) is 37.9. The number of methoxy groups -OCH3 is 1. The van der Waals surface area contributed by atoms with Crippen LogP contribution in [0.4, 0.5) is 4.79 Å². The van der Waals surface area contributed by atoms with Crippen molar-refractivity contribution >= 4 is 90.7 Å². The molecule has 17 atom stereocenters. The predicted octanol–water partition coefficient (Wildman–Crippen LogP) is 7.20. The van der Waals surface area contributed by atoms with E-state index in [2.05, 4.69) is 30.3 Å². The van der Waals surface area contributed by atoms with Gasteiger partial charge in [-0.1, -0.05) is 176 Å². The van der Waals surface area contributed by atoms with Crippen LogP contribution in [0.1, 0.15) is 69.7 Å².